The molecule has 2 aromatic carbocycles. The van der Waals surface area contributed by atoms with E-state index in [1.54, 1.807) is 43.9 Å². The van der Waals surface area contributed by atoms with E-state index in [4.69, 9.17) is 14.3 Å². The van der Waals surface area contributed by atoms with Crippen molar-refractivity contribution in [1.82, 2.24) is 10.0 Å². The summed E-state index contributed by atoms with van der Waals surface area (Å²) in [5, 5.41) is 2.89. The SMILES string of the molecule is COc1ccc(-c2nc(CC(=O)ON3C(=O)c4ccccc4C3=O)cs2)cc1OC. The second-order valence-corrected chi connectivity index (χ2v) is 7.16. The van der Waals surface area contributed by atoms with Gasteiger partial charge in [-0.15, -0.1) is 11.3 Å². The van der Waals surface area contributed by atoms with Gasteiger partial charge in [-0.25, -0.2) is 9.78 Å². The molecule has 0 unspecified atom stereocenters. The quantitative estimate of drug-likeness (QED) is 0.561. The number of carbonyl (C=O) groups excluding carboxylic acids is 3. The van der Waals surface area contributed by atoms with Crippen LogP contribution in [0.1, 0.15) is 26.4 Å². The first-order chi connectivity index (χ1) is 14.5. The zero-order valence-electron chi connectivity index (χ0n) is 16.1. The molecule has 3 aromatic rings. The van der Waals surface area contributed by atoms with Crippen molar-refractivity contribution in [2.24, 2.45) is 0 Å². The lowest BCUT2D eigenvalue weighted by Gasteiger charge is -2.12. The van der Waals surface area contributed by atoms with Gasteiger partial charge in [0.15, 0.2) is 11.5 Å². The molecule has 8 nitrogen and oxygen atoms in total. The predicted molar refractivity (Wildman–Crippen MR) is 107 cm³/mol. The Balaban J connectivity index is 1.45. The summed E-state index contributed by atoms with van der Waals surface area (Å²) in [4.78, 5) is 46.3. The first-order valence-corrected chi connectivity index (χ1v) is 9.75. The molecule has 152 valence electrons. The predicted octanol–water partition coefficient (Wildman–Crippen LogP) is 3.12. The summed E-state index contributed by atoms with van der Waals surface area (Å²) in [6, 6.07) is 11.7. The maximum Gasteiger partial charge on any atom is 0.339 e. The summed E-state index contributed by atoms with van der Waals surface area (Å²) in [6.07, 6.45) is -0.183. The molecular formula is C21H16N2O6S. The fraction of sp³-hybridized carbons (Fsp3) is 0.143. The van der Waals surface area contributed by atoms with E-state index >= 15 is 0 Å². The topological polar surface area (TPSA) is 95.0 Å². The molecule has 0 spiro atoms. The van der Waals surface area contributed by atoms with Crippen molar-refractivity contribution in [1.29, 1.82) is 0 Å². The maximum atomic E-state index is 12.3. The number of amides is 2. The molecule has 0 radical (unpaired) electrons. The summed E-state index contributed by atoms with van der Waals surface area (Å²) < 4.78 is 10.5. The minimum atomic E-state index is -0.756. The van der Waals surface area contributed by atoms with Gasteiger partial charge in [0, 0.05) is 10.9 Å². The third-order valence-corrected chi connectivity index (χ3v) is 5.40. The number of fused-ring (bicyclic) bond motifs is 1. The van der Waals surface area contributed by atoms with E-state index in [0.29, 0.717) is 27.3 Å². The van der Waals surface area contributed by atoms with Gasteiger partial charge in [-0.2, -0.15) is 0 Å². The maximum absolute atomic E-state index is 12.3. The Kier molecular flexibility index (Phi) is 5.20. The van der Waals surface area contributed by atoms with Crippen molar-refractivity contribution in [2.75, 3.05) is 14.2 Å². The van der Waals surface area contributed by atoms with Gasteiger partial charge in [0.2, 0.25) is 0 Å². The van der Waals surface area contributed by atoms with E-state index in [0.717, 1.165) is 5.56 Å². The summed E-state index contributed by atoms with van der Waals surface area (Å²) in [5.41, 5.74) is 1.68. The lowest BCUT2D eigenvalue weighted by molar-refractivity contribution is -0.167. The van der Waals surface area contributed by atoms with Crippen LogP contribution in [-0.2, 0) is 16.1 Å². The summed E-state index contributed by atoms with van der Waals surface area (Å²) in [5.74, 6) is -0.908. The number of nitrogens with zero attached hydrogens (tertiary/aromatic N) is 2. The average molecular weight is 424 g/mol. The summed E-state index contributed by atoms with van der Waals surface area (Å²) in [6.45, 7) is 0. The molecule has 1 aliphatic heterocycles. The lowest BCUT2D eigenvalue weighted by Crippen LogP contribution is -2.33. The lowest BCUT2D eigenvalue weighted by atomic mass is 10.1. The van der Waals surface area contributed by atoms with Crippen LogP contribution in [0, 0.1) is 0 Å². The highest BCUT2D eigenvalue weighted by Crippen LogP contribution is 2.33. The highest BCUT2D eigenvalue weighted by molar-refractivity contribution is 7.13. The molecule has 2 amide bonds. The number of imide groups is 1. The number of benzene rings is 2. The third kappa shape index (κ3) is 3.50. The zero-order valence-corrected chi connectivity index (χ0v) is 16.9. The van der Waals surface area contributed by atoms with Crippen molar-refractivity contribution in [3.63, 3.8) is 0 Å². The van der Waals surface area contributed by atoms with Gasteiger partial charge >= 0.3 is 5.97 Å². The fourth-order valence-corrected chi connectivity index (χ4v) is 3.84. The first kappa shape index (κ1) is 19.6. The highest BCUT2D eigenvalue weighted by Gasteiger charge is 2.38. The van der Waals surface area contributed by atoms with Crippen LogP contribution in [-0.4, -0.2) is 42.1 Å². The van der Waals surface area contributed by atoms with E-state index in [-0.39, 0.29) is 17.5 Å². The molecule has 0 saturated heterocycles. The van der Waals surface area contributed by atoms with Crippen LogP contribution in [0.2, 0.25) is 0 Å². The van der Waals surface area contributed by atoms with Gasteiger partial charge in [-0.3, -0.25) is 9.59 Å². The molecule has 1 aliphatic rings. The van der Waals surface area contributed by atoms with Crippen molar-refractivity contribution < 1.29 is 28.7 Å². The van der Waals surface area contributed by atoms with Crippen LogP contribution >= 0.6 is 11.3 Å². The van der Waals surface area contributed by atoms with Crippen molar-refractivity contribution in [2.45, 2.75) is 6.42 Å². The van der Waals surface area contributed by atoms with Crippen molar-refractivity contribution >= 4 is 29.1 Å². The molecule has 2 heterocycles. The van der Waals surface area contributed by atoms with Crippen LogP contribution in [0.4, 0.5) is 0 Å². The molecule has 1 aromatic heterocycles. The Morgan fingerprint density at radius 3 is 2.30 bits per heavy atom. The van der Waals surface area contributed by atoms with Crippen LogP contribution in [0.15, 0.2) is 47.8 Å². The summed E-state index contributed by atoms with van der Waals surface area (Å²) in [7, 11) is 3.10. The van der Waals surface area contributed by atoms with E-state index in [9.17, 15) is 14.4 Å². The third-order valence-electron chi connectivity index (χ3n) is 4.46. The molecule has 0 saturated carbocycles. The smallest absolute Gasteiger partial charge is 0.339 e. The molecule has 0 bridgehead atoms. The number of hydroxylamine groups is 2. The monoisotopic (exact) mass is 424 g/mol. The molecule has 9 heteroatoms. The summed E-state index contributed by atoms with van der Waals surface area (Å²) >= 11 is 1.35. The molecule has 0 aliphatic carbocycles. The molecule has 30 heavy (non-hydrogen) atoms. The van der Waals surface area contributed by atoms with Gasteiger partial charge in [0.25, 0.3) is 11.8 Å². The van der Waals surface area contributed by atoms with Gasteiger partial charge in [0.05, 0.1) is 37.5 Å². The normalized spacial score (nSPS) is 12.7. The number of hydrogen-bond donors (Lipinski definition) is 0. The second-order valence-electron chi connectivity index (χ2n) is 6.30. The van der Waals surface area contributed by atoms with Crippen LogP contribution in [0.5, 0.6) is 11.5 Å². The minimum absolute atomic E-state index is 0.183. The van der Waals surface area contributed by atoms with Crippen LogP contribution in [0.25, 0.3) is 10.6 Å². The van der Waals surface area contributed by atoms with Crippen LogP contribution < -0.4 is 9.47 Å². The van der Waals surface area contributed by atoms with Gasteiger partial charge in [0.1, 0.15) is 5.01 Å². The Bertz CT molecular complexity index is 1120. The largest absolute Gasteiger partial charge is 0.493 e. The Morgan fingerprint density at radius 1 is 1.00 bits per heavy atom. The Labute approximate surface area is 175 Å². The number of aromatic nitrogens is 1. The molecule has 0 fully saturated rings. The van der Waals surface area contributed by atoms with E-state index in [1.165, 1.54) is 23.5 Å². The number of methoxy groups -OCH3 is 2. The number of rotatable bonds is 6. The molecule has 4 rings (SSSR count). The number of ether oxygens (including phenoxy) is 2. The van der Waals surface area contributed by atoms with E-state index in [1.807, 2.05) is 6.07 Å². The van der Waals surface area contributed by atoms with Crippen LogP contribution in [0.3, 0.4) is 0 Å². The van der Waals surface area contributed by atoms with Crippen molar-refractivity contribution in [3.05, 3.63) is 64.7 Å². The molecular weight excluding hydrogens is 408 g/mol. The van der Waals surface area contributed by atoms with Gasteiger partial charge < -0.3 is 14.3 Å². The average Bonchev–Trinajstić information content (AvgIpc) is 3.32. The highest BCUT2D eigenvalue weighted by atomic mass is 32.1. The Morgan fingerprint density at radius 2 is 1.67 bits per heavy atom. The van der Waals surface area contributed by atoms with Gasteiger partial charge in [-0.05, 0) is 30.3 Å². The van der Waals surface area contributed by atoms with Gasteiger partial charge in [-0.1, -0.05) is 17.2 Å². The first-order valence-electron chi connectivity index (χ1n) is 8.87. The second kappa shape index (κ2) is 7.96. The fourth-order valence-electron chi connectivity index (χ4n) is 3.02. The molecule has 0 atom stereocenters. The minimum Gasteiger partial charge on any atom is -0.493 e. The molecule has 0 N–H and O–H groups in total. The zero-order chi connectivity index (χ0) is 21.3. The van der Waals surface area contributed by atoms with E-state index < -0.39 is 17.8 Å². The van der Waals surface area contributed by atoms with E-state index in [2.05, 4.69) is 4.98 Å². The Hall–Kier alpha value is -3.72. The van der Waals surface area contributed by atoms with Crippen molar-refractivity contribution in [3.8, 4) is 22.1 Å². The standard InChI is InChI=1S/C21H16N2O6S/c1-27-16-8-7-12(9-17(16)28-2)19-22-13(11-30-19)10-18(24)29-23-20(25)14-5-3-4-6-15(14)21(23)26/h3-9,11H,10H2,1-2H3. The number of hydrogen-bond acceptors (Lipinski definition) is 8. The number of carbonyl (C=O) groups is 3. The number of thiazole rings is 1.